The zero-order valence-corrected chi connectivity index (χ0v) is 11.1. The van der Waals surface area contributed by atoms with Gasteiger partial charge in [-0.1, -0.05) is 19.3 Å². The highest BCUT2D eigenvalue weighted by Crippen LogP contribution is 2.23. The van der Waals surface area contributed by atoms with Crippen LogP contribution in [0.15, 0.2) is 12.4 Å². The van der Waals surface area contributed by atoms with Crippen molar-refractivity contribution in [2.45, 2.75) is 46.0 Å². The molecule has 5 nitrogen and oxygen atoms in total. The maximum atomic E-state index is 10.9. The van der Waals surface area contributed by atoms with Crippen LogP contribution in [0.1, 0.15) is 43.5 Å². The van der Waals surface area contributed by atoms with Gasteiger partial charge in [0.05, 0.1) is 11.4 Å². The van der Waals surface area contributed by atoms with Gasteiger partial charge in [-0.25, -0.2) is 5.84 Å². The van der Waals surface area contributed by atoms with Gasteiger partial charge in [-0.15, -0.1) is 0 Å². The molecule has 1 saturated carbocycles. The SMILES string of the molecule is Cc1cnc(C)cn1.NNC(=O)C1CCCCC1. The molecule has 1 amide bonds. The van der Waals surface area contributed by atoms with Crippen molar-refractivity contribution in [3.8, 4) is 0 Å². The number of carbonyl (C=O) groups is 1. The Hall–Kier alpha value is -1.49. The van der Waals surface area contributed by atoms with Crippen LogP contribution >= 0.6 is 0 Å². The van der Waals surface area contributed by atoms with Gasteiger partial charge in [0.25, 0.3) is 0 Å². The molecular formula is C13H22N4O. The molecule has 1 aromatic heterocycles. The van der Waals surface area contributed by atoms with Crippen molar-refractivity contribution < 1.29 is 4.79 Å². The minimum absolute atomic E-state index is 0.0136. The summed E-state index contributed by atoms with van der Waals surface area (Å²) in [6.07, 6.45) is 9.18. The topological polar surface area (TPSA) is 80.9 Å². The summed E-state index contributed by atoms with van der Waals surface area (Å²) in [6.45, 7) is 3.85. The molecule has 5 heteroatoms. The number of nitrogens with two attached hydrogens (primary N) is 1. The highest BCUT2D eigenvalue weighted by atomic mass is 16.2. The first-order valence-electron chi connectivity index (χ1n) is 6.39. The van der Waals surface area contributed by atoms with Crippen molar-refractivity contribution in [3.63, 3.8) is 0 Å². The Morgan fingerprint density at radius 1 is 1.17 bits per heavy atom. The molecule has 0 atom stereocenters. The number of amides is 1. The number of hydrogen-bond donors (Lipinski definition) is 2. The summed E-state index contributed by atoms with van der Waals surface area (Å²) >= 11 is 0. The summed E-state index contributed by atoms with van der Waals surface area (Å²) in [6, 6.07) is 0. The zero-order valence-electron chi connectivity index (χ0n) is 11.1. The molecule has 0 bridgehead atoms. The summed E-state index contributed by atoms with van der Waals surface area (Å²) in [5, 5.41) is 0. The molecule has 3 N–H and O–H groups in total. The molecule has 1 heterocycles. The van der Waals surface area contributed by atoms with E-state index in [2.05, 4.69) is 15.4 Å². The highest BCUT2D eigenvalue weighted by molar-refractivity contribution is 5.77. The van der Waals surface area contributed by atoms with E-state index >= 15 is 0 Å². The Morgan fingerprint density at radius 2 is 1.67 bits per heavy atom. The molecule has 100 valence electrons. The second-order valence-electron chi connectivity index (χ2n) is 4.64. The Balaban J connectivity index is 0.000000184. The van der Waals surface area contributed by atoms with E-state index < -0.39 is 0 Å². The average Bonchev–Trinajstić information content (AvgIpc) is 2.43. The molecule has 1 fully saturated rings. The monoisotopic (exact) mass is 250 g/mol. The Labute approximate surface area is 108 Å². The lowest BCUT2D eigenvalue weighted by atomic mass is 9.89. The summed E-state index contributed by atoms with van der Waals surface area (Å²) in [5.41, 5.74) is 4.13. The Bertz CT molecular complexity index is 337. The standard InChI is InChI=1S/C7H14N2O.C6H8N2/c8-9-7(10)6-4-2-1-3-5-6;1-5-3-8-6(2)4-7-5/h6H,1-5,8H2,(H,9,10);3-4H,1-2H3. The second kappa shape index (κ2) is 7.76. The van der Waals surface area contributed by atoms with Gasteiger partial charge in [0.2, 0.25) is 5.91 Å². The largest absolute Gasteiger partial charge is 0.294 e. The third-order valence-corrected chi connectivity index (χ3v) is 3.03. The molecule has 0 saturated heterocycles. The second-order valence-corrected chi connectivity index (χ2v) is 4.64. The minimum Gasteiger partial charge on any atom is -0.294 e. The zero-order chi connectivity index (χ0) is 13.4. The first-order chi connectivity index (χ1) is 8.63. The summed E-state index contributed by atoms with van der Waals surface area (Å²) in [5.74, 6) is 5.21. The molecule has 0 aliphatic heterocycles. The number of nitrogens with one attached hydrogen (secondary N) is 1. The molecule has 0 spiro atoms. The Kier molecular flexibility index (Phi) is 6.28. The predicted molar refractivity (Wildman–Crippen MR) is 70.4 cm³/mol. The maximum Gasteiger partial charge on any atom is 0.236 e. The van der Waals surface area contributed by atoms with E-state index in [0.29, 0.717) is 0 Å². The fourth-order valence-electron chi connectivity index (χ4n) is 1.94. The number of carbonyl (C=O) groups excluding carboxylic acids is 1. The van der Waals surface area contributed by atoms with E-state index in [9.17, 15) is 4.79 Å². The van der Waals surface area contributed by atoms with Crippen LogP contribution in [0, 0.1) is 19.8 Å². The molecule has 1 aromatic rings. The van der Waals surface area contributed by atoms with E-state index in [-0.39, 0.29) is 11.8 Å². The van der Waals surface area contributed by atoms with E-state index in [0.717, 1.165) is 24.2 Å². The molecule has 0 radical (unpaired) electrons. The lowest BCUT2D eigenvalue weighted by Crippen LogP contribution is -2.36. The fourth-order valence-corrected chi connectivity index (χ4v) is 1.94. The van der Waals surface area contributed by atoms with Crippen LogP contribution in [0.5, 0.6) is 0 Å². The van der Waals surface area contributed by atoms with E-state index in [1.807, 2.05) is 13.8 Å². The van der Waals surface area contributed by atoms with Gasteiger partial charge in [-0.05, 0) is 26.7 Å². The molecular weight excluding hydrogens is 228 g/mol. The first kappa shape index (κ1) is 14.6. The van der Waals surface area contributed by atoms with Crippen molar-refractivity contribution in [2.24, 2.45) is 11.8 Å². The van der Waals surface area contributed by atoms with Gasteiger partial charge >= 0.3 is 0 Å². The van der Waals surface area contributed by atoms with Gasteiger partial charge in [-0.3, -0.25) is 20.2 Å². The third-order valence-electron chi connectivity index (χ3n) is 3.03. The van der Waals surface area contributed by atoms with Crippen molar-refractivity contribution in [1.82, 2.24) is 15.4 Å². The number of nitrogens with zero attached hydrogens (tertiary/aromatic N) is 2. The summed E-state index contributed by atoms with van der Waals surface area (Å²) in [4.78, 5) is 19.0. The van der Waals surface area contributed by atoms with Crippen molar-refractivity contribution in [1.29, 1.82) is 0 Å². The van der Waals surface area contributed by atoms with Crippen LogP contribution in [0.3, 0.4) is 0 Å². The van der Waals surface area contributed by atoms with Crippen molar-refractivity contribution in [3.05, 3.63) is 23.8 Å². The fraction of sp³-hybridized carbons (Fsp3) is 0.615. The van der Waals surface area contributed by atoms with Crippen LogP contribution in [0.2, 0.25) is 0 Å². The average molecular weight is 250 g/mol. The molecule has 1 aliphatic rings. The highest BCUT2D eigenvalue weighted by Gasteiger charge is 2.19. The van der Waals surface area contributed by atoms with Crippen LogP contribution in [0.25, 0.3) is 0 Å². The van der Waals surface area contributed by atoms with Gasteiger partial charge < -0.3 is 0 Å². The predicted octanol–water partition coefficient (Wildman–Crippen LogP) is 1.65. The maximum absolute atomic E-state index is 10.9. The van der Waals surface area contributed by atoms with Gasteiger partial charge in [0.15, 0.2) is 0 Å². The molecule has 18 heavy (non-hydrogen) atoms. The van der Waals surface area contributed by atoms with Gasteiger partial charge in [0.1, 0.15) is 0 Å². The number of rotatable bonds is 1. The number of aromatic nitrogens is 2. The van der Waals surface area contributed by atoms with Gasteiger partial charge in [-0.2, -0.15) is 0 Å². The number of aryl methyl sites for hydroxylation is 2. The van der Waals surface area contributed by atoms with Crippen LogP contribution in [-0.2, 0) is 4.79 Å². The minimum atomic E-state index is 0.0136. The molecule has 2 rings (SSSR count). The molecule has 1 aliphatic carbocycles. The van der Waals surface area contributed by atoms with Crippen molar-refractivity contribution in [2.75, 3.05) is 0 Å². The van der Waals surface area contributed by atoms with Crippen LogP contribution in [0.4, 0.5) is 0 Å². The number of hydrogen-bond acceptors (Lipinski definition) is 4. The smallest absolute Gasteiger partial charge is 0.236 e. The van der Waals surface area contributed by atoms with Crippen LogP contribution in [-0.4, -0.2) is 15.9 Å². The summed E-state index contributed by atoms with van der Waals surface area (Å²) in [7, 11) is 0. The lowest BCUT2D eigenvalue weighted by molar-refractivity contribution is -0.125. The van der Waals surface area contributed by atoms with E-state index in [1.54, 1.807) is 12.4 Å². The quantitative estimate of drug-likeness (QED) is 0.451. The van der Waals surface area contributed by atoms with E-state index in [4.69, 9.17) is 5.84 Å². The van der Waals surface area contributed by atoms with Crippen molar-refractivity contribution >= 4 is 5.91 Å². The number of hydrazine groups is 1. The third kappa shape index (κ3) is 5.23. The molecule has 0 unspecified atom stereocenters. The lowest BCUT2D eigenvalue weighted by Gasteiger charge is -2.19. The molecule has 0 aromatic carbocycles. The van der Waals surface area contributed by atoms with Crippen LogP contribution < -0.4 is 11.3 Å². The van der Waals surface area contributed by atoms with E-state index in [1.165, 1.54) is 19.3 Å². The normalized spacial score (nSPS) is 15.5. The summed E-state index contributed by atoms with van der Waals surface area (Å²) < 4.78 is 0. The van der Waals surface area contributed by atoms with Gasteiger partial charge in [0, 0.05) is 18.3 Å². The first-order valence-corrected chi connectivity index (χ1v) is 6.39. The Morgan fingerprint density at radius 3 is 2.06 bits per heavy atom.